The molecule has 0 fully saturated rings. The van der Waals surface area contributed by atoms with Crippen molar-refractivity contribution in [1.82, 2.24) is 9.97 Å². The maximum atomic E-state index is 11.2. The van der Waals surface area contributed by atoms with Crippen LogP contribution in [0.5, 0.6) is 0 Å². The van der Waals surface area contributed by atoms with Gasteiger partial charge in [-0.05, 0) is 24.6 Å². The lowest BCUT2D eigenvalue weighted by atomic mass is 10.1. The van der Waals surface area contributed by atoms with E-state index >= 15 is 0 Å². The molecule has 1 N–H and O–H groups in total. The van der Waals surface area contributed by atoms with E-state index in [9.17, 15) is 4.79 Å². The van der Waals surface area contributed by atoms with E-state index < -0.39 is 12.0 Å². The number of hydrogen-bond acceptors (Lipinski definition) is 4. The van der Waals surface area contributed by atoms with E-state index in [-0.39, 0.29) is 0 Å². The van der Waals surface area contributed by atoms with Gasteiger partial charge in [0.2, 0.25) is 5.95 Å². The van der Waals surface area contributed by atoms with Crippen molar-refractivity contribution >= 4 is 11.9 Å². The first kappa shape index (κ1) is 10.4. The van der Waals surface area contributed by atoms with Crippen molar-refractivity contribution in [3.63, 3.8) is 0 Å². The lowest BCUT2D eigenvalue weighted by Gasteiger charge is -2.28. The highest BCUT2D eigenvalue weighted by molar-refractivity contribution is 5.82. The van der Waals surface area contributed by atoms with Crippen molar-refractivity contribution < 1.29 is 9.90 Å². The first-order chi connectivity index (χ1) is 7.70. The molecule has 0 spiro atoms. The molecule has 0 radical (unpaired) electrons. The Balaban J connectivity index is 2.38. The predicted molar refractivity (Wildman–Crippen MR) is 58.8 cm³/mol. The predicted octanol–water partition coefficient (Wildman–Crippen LogP) is 1.21. The quantitative estimate of drug-likeness (QED) is 0.806. The second-order valence-electron chi connectivity index (χ2n) is 3.45. The smallest absolute Gasteiger partial charge is 0.331 e. The van der Waals surface area contributed by atoms with Gasteiger partial charge < -0.3 is 5.11 Å². The molecule has 0 amide bonds. The van der Waals surface area contributed by atoms with Crippen LogP contribution in [-0.4, -0.2) is 27.1 Å². The minimum Gasteiger partial charge on any atom is -0.479 e. The van der Waals surface area contributed by atoms with Crippen LogP contribution in [0.25, 0.3) is 0 Å². The summed E-state index contributed by atoms with van der Waals surface area (Å²) in [5.74, 6) is -0.524. The molecule has 1 unspecified atom stereocenters. The Labute approximate surface area is 92.8 Å². The molecule has 1 aliphatic rings. The Morgan fingerprint density at radius 3 is 2.75 bits per heavy atom. The van der Waals surface area contributed by atoms with Crippen molar-refractivity contribution in [2.45, 2.75) is 13.0 Å². The zero-order valence-corrected chi connectivity index (χ0v) is 8.74. The number of aromatic nitrogens is 2. The summed E-state index contributed by atoms with van der Waals surface area (Å²) >= 11 is 0. The number of anilines is 1. The SMILES string of the molecule is CC1=CC=CN(c2ncccn2)C1C(=O)O. The Bertz CT molecular complexity index is 454. The van der Waals surface area contributed by atoms with Crippen LogP contribution in [-0.2, 0) is 4.79 Å². The lowest BCUT2D eigenvalue weighted by molar-refractivity contribution is -0.137. The van der Waals surface area contributed by atoms with E-state index in [0.29, 0.717) is 5.95 Å². The zero-order valence-electron chi connectivity index (χ0n) is 8.74. The van der Waals surface area contributed by atoms with Crippen molar-refractivity contribution in [2.24, 2.45) is 0 Å². The first-order valence-corrected chi connectivity index (χ1v) is 4.83. The molecule has 2 rings (SSSR count). The van der Waals surface area contributed by atoms with Gasteiger partial charge in [0.25, 0.3) is 0 Å². The van der Waals surface area contributed by atoms with Crippen LogP contribution in [0.3, 0.4) is 0 Å². The van der Waals surface area contributed by atoms with Gasteiger partial charge in [-0.15, -0.1) is 0 Å². The van der Waals surface area contributed by atoms with Crippen LogP contribution in [0.1, 0.15) is 6.92 Å². The summed E-state index contributed by atoms with van der Waals surface area (Å²) in [5.41, 5.74) is 0.752. The lowest BCUT2D eigenvalue weighted by Crippen LogP contribution is -2.40. The third-order valence-corrected chi connectivity index (χ3v) is 2.33. The average molecular weight is 217 g/mol. The van der Waals surface area contributed by atoms with E-state index in [0.717, 1.165) is 5.57 Å². The molecule has 1 aromatic rings. The standard InChI is InChI=1S/C11H11N3O2/c1-8-4-2-7-14(9(8)10(15)16)11-12-5-3-6-13-11/h2-7,9H,1H3,(H,15,16). The monoisotopic (exact) mass is 217 g/mol. The Hall–Kier alpha value is -2.17. The van der Waals surface area contributed by atoms with Crippen LogP contribution in [0.4, 0.5) is 5.95 Å². The number of allylic oxidation sites excluding steroid dienone is 2. The van der Waals surface area contributed by atoms with Crippen molar-refractivity contribution in [2.75, 3.05) is 4.90 Å². The van der Waals surface area contributed by atoms with Gasteiger partial charge >= 0.3 is 5.97 Å². The molecule has 1 aromatic heterocycles. The molecule has 5 nitrogen and oxygen atoms in total. The van der Waals surface area contributed by atoms with E-state index in [1.54, 1.807) is 43.7 Å². The molecule has 0 aromatic carbocycles. The summed E-state index contributed by atoms with van der Waals surface area (Å²) < 4.78 is 0. The number of carboxylic acids is 1. The fraction of sp³-hybridized carbons (Fsp3) is 0.182. The van der Waals surface area contributed by atoms with Gasteiger partial charge in [0, 0.05) is 18.6 Å². The molecule has 2 heterocycles. The van der Waals surface area contributed by atoms with Gasteiger partial charge in [-0.1, -0.05) is 6.08 Å². The maximum absolute atomic E-state index is 11.2. The number of carbonyl (C=O) groups is 1. The Morgan fingerprint density at radius 2 is 2.12 bits per heavy atom. The van der Waals surface area contributed by atoms with Crippen LogP contribution in [0, 0.1) is 0 Å². The van der Waals surface area contributed by atoms with Crippen molar-refractivity contribution in [3.8, 4) is 0 Å². The largest absolute Gasteiger partial charge is 0.479 e. The van der Waals surface area contributed by atoms with Gasteiger partial charge in [-0.25, -0.2) is 14.8 Å². The highest BCUT2D eigenvalue weighted by Crippen LogP contribution is 2.20. The summed E-state index contributed by atoms with van der Waals surface area (Å²) in [4.78, 5) is 20.8. The van der Waals surface area contributed by atoms with Crippen LogP contribution in [0.15, 0.2) is 42.4 Å². The molecular formula is C11H11N3O2. The van der Waals surface area contributed by atoms with E-state index in [4.69, 9.17) is 5.11 Å². The molecule has 0 aliphatic carbocycles. The third kappa shape index (κ3) is 1.79. The molecule has 82 valence electrons. The van der Waals surface area contributed by atoms with Crippen molar-refractivity contribution in [3.05, 3.63) is 42.4 Å². The Morgan fingerprint density at radius 1 is 1.44 bits per heavy atom. The molecule has 16 heavy (non-hydrogen) atoms. The third-order valence-electron chi connectivity index (χ3n) is 2.33. The van der Waals surface area contributed by atoms with Crippen LogP contribution < -0.4 is 4.90 Å². The van der Waals surface area contributed by atoms with Gasteiger partial charge in [0.1, 0.15) is 0 Å². The summed E-state index contributed by atoms with van der Waals surface area (Å²) in [7, 11) is 0. The highest BCUT2D eigenvalue weighted by atomic mass is 16.4. The molecule has 1 atom stereocenters. The topological polar surface area (TPSA) is 66.3 Å². The van der Waals surface area contributed by atoms with Gasteiger partial charge in [-0.2, -0.15) is 0 Å². The summed E-state index contributed by atoms with van der Waals surface area (Å²) in [6.45, 7) is 1.78. The van der Waals surface area contributed by atoms with Gasteiger partial charge in [-0.3, -0.25) is 4.90 Å². The molecule has 0 bridgehead atoms. The molecule has 1 aliphatic heterocycles. The van der Waals surface area contributed by atoms with Gasteiger partial charge in [0.05, 0.1) is 0 Å². The van der Waals surface area contributed by atoms with E-state index in [1.165, 1.54) is 4.90 Å². The second kappa shape index (κ2) is 4.14. The summed E-state index contributed by atoms with van der Waals surface area (Å²) in [6.07, 6.45) is 8.40. The number of carboxylic acid groups (broad SMARTS) is 1. The van der Waals surface area contributed by atoms with Crippen molar-refractivity contribution in [1.29, 1.82) is 0 Å². The summed E-state index contributed by atoms with van der Waals surface area (Å²) in [5, 5.41) is 9.17. The number of hydrogen-bond donors (Lipinski definition) is 1. The normalized spacial score (nSPS) is 19.4. The minimum atomic E-state index is -0.912. The molecule has 0 saturated carbocycles. The zero-order chi connectivity index (χ0) is 11.5. The molecule has 5 heteroatoms. The molecular weight excluding hydrogens is 206 g/mol. The number of aliphatic carboxylic acids is 1. The maximum Gasteiger partial charge on any atom is 0.331 e. The Kier molecular flexibility index (Phi) is 2.68. The first-order valence-electron chi connectivity index (χ1n) is 4.83. The van der Waals surface area contributed by atoms with Crippen LogP contribution in [0.2, 0.25) is 0 Å². The fourth-order valence-corrected chi connectivity index (χ4v) is 1.60. The van der Waals surface area contributed by atoms with E-state index in [1.807, 2.05) is 0 Å². The fourth-order valence-electron chi connectivity index (χ4n) is 1.60. The van der Waals surface area contributed by atoms with E-state index in [2.05, 4.69) is 9.97 Å². The number of rotatable bonds is 2. The average Bonchev–Trinajstić information content (AvgIpc) is 2.29. The highest BCUT2D eigenvalue weighted by Gasteiger charge is 2.29. The van der Waals surface area contributed by atoms with Gasteiger partial charge in [0.15, 0.2) is 6.04 Å². The second-order valence-corrected chi connectivity index (χ2v) is 3.45. The number of nitrogens with zero attached hydrogens (tertiary/aromatic N) is 3. The molecule has 0 saturated heterocycles. The summed E-state index contributed by atoms with van der Waals surface area (Å²) in [6, 6.07) is 0.961. The van der Waals surface area contributed by atoms with Crippen LogP contribution >= 0.6 is 0 Å². The minimum absolute atomic E-state index is 0.388.